The van der Waals surface area contributed by atoms with Crippen LogP contribution in [0.1, 0.15) is 35.6 Å². The Kier molecular flexibility index (Phi) is 5.50. The summed E-state index contributed by atoms with van der Waals surface area (Å²) in [5.41, 5.74) is 3.46. The van der Waals surface area contributed by atoms with Gasteiger partial charge in [-0.3, -0.25) is 14.7 Å². The number of hydrogen-bond donors (Lipinski definition) is 0. The monoisotopic (exact) mass is 365 g/mol. The van der Waals surface area contributed by atoms with Crippen molar-refractivity contribution in [3.63, 3.8) is 0 Å². The predicted molar refractivity (Wildman–Crippen MR) is 104 cm³/mol. The summed E-state index contributed by atoms with van der Waals surface area (Å²) in [4.78, 5) is 21.6. The Bertz CT molecular complexity index is 768. The maximum Gasteiger partial charge on any atom is 0.244 e. The molecular formula is C22H27N3O2. The van der Waals surface area contributed by atoms with E-state index in [-0.39, 0.29) is 18.1 Å². The van der Waals surface area contributed by atoms with Crippen molar-refractivity contribution in [2.75, 3.05) is 26.2 Å². The Labute approximate surface area is 161 Å². The Hall–Kier alpha value is -2.24. The number of amides is 1. The predicted octanol–water partition coefficient (Wildman–Crippen LogP) is 2.95. The van der Waals surface area contributed by atoms with Crippen molar-refractivity contribution in [1.82, 2.24) is 14.8 Å². The third-order valence-electron chi connectivity index (χ3n) is 5.64. The van der Waals surface area contributed by atoms with Crippen molar-refractivity contribution in [3.05, 3.63) is 65.5 Å². The Morgan fingerprint density at radius 1 is 1.19 bits per heavy atom. The van der Waals surface area contributed by atoms with E-state index in [2.05, 4.69) is 28.9 Å². The molecule has 0 radical (unpaired) electrons. The molecule has 0 saturated carbocycles. The lowest BCUT2D eigenvalue weighted by Gasteiger charge is -2.42. The third kappa shape index (κ3) is 4.04. The Morgan fingerprint density at radius 3 is 2.67 bits per heavy atom. The molecule has 3 heterocycles. The van der Waals surface area contributed by atoms with Crippen LogP contribution in [0.3, 0.4) is 0 Å². The van der Waals surface area contributed by atoms with E-state index in [9.17, 15) is 4.79 Å². The molecule has 1 atom stereocenters. The molecule has 1 amide bonds. The highest BCUT2D eigenvalue weighted by Gasteiger charge is 2.39. The number of hydrogen-bond acceptors (Lipinski definition) is 4. The van der Waals surface area contributed by atoms with Crippen molar-refractivity contribution < 1.29 is 9.53 Å². The van der Waals surface area contributed by atoms with Crippen molar-refractivity contribution in [3.8, 4) is 0 Å². The quantitative estimate of drug-likeness (QED) is 0.790. The summed E-state index contributed by atoms with van der Waals surface area (Å²) in [6.07, 6.45) is 6.03. The number of nitrogens with zero attached hydrogens (tertiary/aromatic N) is 3. The Balaban J connectivity index is 1.35. The molecule has 0 N–H and O–H groups in total. The summed E-state index contributed by atoms with van der Waals surface area (Å²) in [7, 11) is 0. The van der Waals surface area contributed by atoms with Gasteiger partial charge in [-0.05, 0) is 55.6 Å². The molecule has 5 nitrogen and oxygen atoms in total. The van der Waals surface area contributed by atoms with Gasteiger partial charge in [0.25, 0.3) is 0 Å². The molecule has 0 spiro atoms. The average Bonchev–Trinajstić information content (AvgIpc) is 3.17. The lowest BCUT2D eigenvalue weighted by molar-refractivity contribution is -0.151. The largest absolute Gasteiger partial charge is 0.370 e. The molecule has 142 valence electrons. The van der Waals surface area contributed by atoms with Crippen LogP contribution in [0.4, 0.5) is 0 Å². The summed E-state index contributed by atoms with van der Waals surface area (Å²) in [6.45, 7) is 6.02. The summed E-state index contributed by atoms with van der Waals surface area (Å²) in [5, 5.41) is 0. The highest BCUT2D eigenvalue weighted by molar-refractivity contribution is 5.84. The van der Waals surface area contributed by atoms with E-state index in [1.165, 1.54) is 11.1 Å². The van der Waals surface area contributed by atoms with E-state index in [1.54, 1.807) is 6.20 Å². The zero-order valence-electron chi connectivity index (χ0n) is 15.9. The molecule has 2 aromatic rings. The molecule has 0 bridgehead atoms. The molecule has 4 rings (SSSR count). The van der Waals surface area contributed by atoms with Crippen LogP contribution in [0, 0.1) is 6.92 Å². The fourth-order valence-corrected chi connectivity index (χ4v) is 3.92. The number of ether oxygens (including phenoxy) is 1. The van der Waals surface area contributed by atoms with E-state index in [1.807, 2.05) is 35.4 Å². The second-order valence-electron chi connectivity index (χ2n) is 7.53. The van der Waals surface area contributed by atoms with E-state index in [0.29, 0.717) is 19.7 Å². The van der Waals surface area contributed by atoms with Crippen LogP contribution in [0.15, 0.2) is 48.8 Å². The highest BCUT2D eigenvalue weighted by atomic mass is 16.5. The van der Waals surface area contributed by atoms with Gasteiger partial charge >= 0.3 is 0 Å². The van der Waals surface area contributed by atoms with Crippen LogP contribution < -0.4 is 0 Å². The first-order valence-electron chi connectivity index (χ1n) is 9.81. The normalized spacial score (nSPS) is 19.1. The smallest absolute Gasteiger partial charge is 0.244 e. The van der Waals surface area contributed by atoms with Gasteiger partial charge in [0.05, 0.1) is 12.7 Å². The second kappa shape index (κ2) is 8.19. The minimum absolute atomic E-state index is 0.127. The number of benzene rings is 1. The second-order valence-corrected chi connectivity index (χ2v) is 7.53. The van der Waals surface area contributed by atoms with Gasteiger partial charge in [-0.2, -0.15) is 0 Å². The zero-order valence-corrected chi connectivity index (χ0v) is 15.9. The van der Waals surface area contributed by atoms with E-state index < -0.39 is 0 Å². The lowest BCUT2D eigenvalue weighted by Crippen LogP contribution is -2.57. The zero-order chi connectivity index (χ0) is 18.6. The van der Waals surface area contributed by atoms with Crippen LogP contribution >= 0.6 is 0 Å². The first kappa shape index (κ1) is 18.1. The highest BCUT2D eigenvalue weighted by Crippen LogP contribution is 2.29. The summed E-state index contributed by atoms with van der Waals surface area (Å²) in [6, 6.07) is 12.0. The first-order chi connectivity index (χ1) is 13.2. The maximum atomic E-state index is 13.2. The summed E-state index contributed by atoms with van der Waals surface area (Å²) in [5.74, 6) is 0.181. The van der Waals surface area contributed by atoms with Gasteiger partial charge in [0.15, 0.2) is 0 Å². The van der Waals surface area contributed by atoms with E-state index >= 15 is 0 Å². The van der Waals surface area contributed by atoms with Crippen molar-refractivity contribution in [2.24, 2.45) is 0 Å². The molecule has 2 aliphatic heterocycles. The molecule has 2 aliphatic rings. The van der Waals surface area contributed by atoms with Crippen LogP contribution in [0.25, 0.3) is 0 Å². The van der Waals surface area contributed by atoms with E-state index in [0.717, 1.165) is 31.5 Å². The number of carbonyl (C=O) groups is 1. The molecule has 2 saturated heterocycles. The first-order valence-corrected chi connectivity index (χ1v) is 9.81. The molecular weight excluding hydrogens is 338 g/mol. The van der Waals surface area contributed by atoms with E-state index in [4.69, 9.17) is 4.74 Å². The summed E-state index contributed by atoms with van der Waals surface area (Å²) >= 11 is 0. The fourth-order valence-electron chi connectivity index (χ4n) is 3.92. The number of carbonyl (C=O) groups excluding carboxylic acids is 1. The van der Waals surface area contributed by atoms with Crippen molar-refractivity contribution >= 4 is 5.91 Å². The van der Waals surface area contributed by atoms with Crippen LogP contribution in [-0.2, 0) is 16.1 Å². The van der Waals surface area contributed by atoms with Gasteiger partial charge in [-0.25, -0.2) is 0 Å². The fraction of sp³-hybridized carbons (Fsp3) is 0.455. The van der Waals surface area contributed by atoms with Crippen LogP contribution in [0.5, 0.6) is 0 Å². The average molecular weight is 365 g/mol. The maximum absolute atomic E-state index is 13.2. The van der Waals surface area contributed by atoms with Gasteiger partial charge in [0.1, 0.15) is 6.04 Å². The lowest BCUT2D eigenvalue weighted by atomic mass is 10.0. The third-order valence-corrected chi connectivity index (χ3v) is 5.64. The molecule has 1 aromatic carbocycles. The van der Waals surface area contributed by atoms with Crippen LogP contribution in [0.2, 0.25) is 0 Å². The van der Waals surface area contributed by atoms with Crippen molar-refractivity contribution in [1.29, 1.82) is 0 Å². The number of likely N-dealkylation sites (tertiary alicyclic amines) is 2. The van der Waals surface area contributed by atoms with Crippen molar-refractivity contribution in [2.45, 2.75) is 38.5 Å². The van der Waals surface area contributed by atoms with Gasteiger partial charge in [-0.1, -0.05) is 30.3 Å². The molecule has 2 fully saturated rings. The SMILES string of the molecule is Cc1ccccc1COC1CN(C(=O)[C@H](c2cccnc2)N2CCCC2)C1. The molecule has 27 heavy (non-hydrogen) atoms. The Morgan fingerprint density at radius 2 is 1.96 bits per heavy atom. The number of aromatic nitrogens is 1. The van der Waals surface area contributed by atoms with Gasteiger partial charge < -0.3 is 9.64 Å². The van der Waals surface area contributed by atoms with Gasteiger partial charge in [0.2, 0.25) is 5.91 Å². The summed E-state index contributed by atoms with van der Waals surface area (Å²) < 4.78 is 6.02. The minimum atomic E-state index is -0.210. The number of pyridine rings is 1. The molecule has 1 aromatic heterocycles. The molecule has 0 unspecified atom stereocenters. The molecule has 0 aliphatic carbocycles. The number of rotatable bonds is 6. The van der Waals surface area contributed by atoms with Gasteiger partial charge in [0, 0.05) is 25.5 Å². The number of aryl methyl sites for hydroxylation is 1. The van der Waals surface area contributed by atoms with Crippen LogP contribution in [-0.4, -0.2) is 53.0 Å². The standard InChI is InChI=1S/C22H27N3O2/c1-17-7-2-3-8-19(17)16-27-20-14-25(15-20)22(26)21(24-11-4-5-12-24)18-9-6-10-23-13-18/h2-3,6-10,13,20-21H,4-5,11-12,14-16H2,1H3/t21-/m0/s1. The molecule has 5 heteroatoms. The minimum Gasteiger partial charge on any atom is -0.370 e. The topological polar surface area (TPSA) is 45.7 Å². The van der Waals surface area contributed by atoms with Gasteiger partial charge in [-0.15, -0.1) is 0 Å².